The molecule has 4 fully saturated rings. The lowest BCUT2D eigenvalue weighted by Gasteiger charge is -2.54. The molecule has 2 N–H and O–H groups in total. The van der Waals surface area contributed by atoms with Gasteiger partial charge in [0.15, 0.2) is 5.69 Å². The van der Waals surface area contributed by atoms with Crippen LogP contribution in [-0.4, -0.2) is 28.2 Å². The summed E-state index contributed by atoms with van der Waals surface area (Å²) in [5.41, 5.74) is 1.49. The van der Waals surface area contributed by atoms with Gasteiger partial charge < -0.3 is 10.6 Å². The van der Waals surface area contributed by atoms with Crippen molar-refractivity contribution in [2.24, 2.45) is 29.6 Å². The second kappa shape index (κ2) is 7.64. The predicted octanol–water partition coefficient (Wildman–Crippen LogP) is 4.61. The van der Waals surface area contributed by atoms with Crippen LogP contribution in [0.25, 0.3) is 0 Å². The van der Waals surface area contributed by atoms with Crippen LogP contribution in [0.4, 0.5) is 5.82 Å². The second-order valence-electron chi connectivity index (χ2n) is 10.3. The van der Waals surface area contributed by atoms with Gasteiger partial charge in [-0.3, -0.25) is 4.79 Å². The Hall–Kier alpha value is -1.65. The van der Waals surface area contributed by atoms with E-state index in [0.29, 0.717) is 35.5 Å². The first-order chi connectivity index (χ1) is 13.3. The average Bonchev–Trinajstić information content (AvgIpc) is 2.63. The summed E-state index contributed by atoms with van der Waals surface area (Å²) in [6, 6.07) is 2.66. The van der Waals surface area contributed by atoms with Gasteiger partial charge in [0, 0.05) is 12.1 Å². The summed E-state index contributed by atoms with van der Waals surface area (Å²) in [5, 5.41) is 15.5. The number of hydrogen-bond donors (Lipinski definition) is 2. The van der Waals surface area contributed by atoms with Gasteiger partial charge in [-0.25, -0.2) is 0 Å². The molecule has 0 spiro atoms. The van der Waals surface area contributed by atoms with E-state index in [2.05, 4.69) is 55.4 Å². The van der Waals surface area contributed by atoms with E-state index >= 15 is 0 Å². The molecule has 0 radical (unpaired) electrons. The molecule has 5 heteroatoms. The number of aromatic nitrogens is 2. The highest BCUT2D eigenvalue weighted by Crippen LogP contribution is 2.53. The first-order valence-corrected chi connectivity index (χ1v) is 11.3. The topological polar surface area (TPSA) is 66.9 Å². The van der Waals surface area contributed by atoms with E-state index in [0.717, 1.165) is 23.2 Å². The van der Waals surface area contributed by atoms with Gasteiger partial charge in [0.05, 0.1) is 0 Å². The molecule has 1 aromatic rings. The highest BCUT2D eigenvalue weighted by molar-refractivity contribution is 5.94. The Kier molecular flexibility index (Phi) is 5.36. The van der Waals surface area contributed by atoms with Crippen LogP contribution in [0, 0.1) is 29.6 Å². The molecule has 1 aromatic heterocycles. The Morgan fingerprint density at radius 2 is 1.57 bits per heavy atom. The van der Waals surface area contributed by atoms with Crippen LogP contribution >= 0.6 is 0 Å². The molecule has 0 aromatic carbocycles. The van der Waals surface area contributed by atoms with Crippen molar-refractivity contribution in [2.45, 2.75) is 84.7 Å². The van der Waals surface area contributed by atoms with E-state index in [4.69, 9.17) is 0 Å². The Bertz CT molecular complexity index is 701. The van der Waals surface area contributed by atoms with Gasteiger partial charge in [0.1, 0.15) is 5.82 Å². The van der Waals surface area contributed by atoms with Crippen LogP contribution in [-0.2, 0) is 0 Å². The van der Waals surface area contributed by atoms with Crippen LogP contribution in [0.1, 0.15) is 88.7 Å². The Balaban J connectivity index is 1.50. The summed E-state index contributed by atoms with van der Waals surface area (Å²) in [6.07, 6.45) is 6.64. The van der Waals surface area contributed by atoms with Crippen molar-refractivity contribution in [3.05, 3.63) is 17.3 Å². The Morgan fingerprint density at radius 3 is 2.11 bits per heavy atom. The van der Waals surface area contributed by atoms with Gasteiger partial charge >= 0.3 is 0 Å². The molecule has 1 unspecified atom stereocenters. The first-order valence-electron chi connectivity index (χ1n) is 11.3. The molecule has 0 aliphatic heterocycles. The fourth-order valence-electron chi connectivity index (χ4n) is 5.87. The lowest BCUT2D eigenvalue weighted by molar-refractivity contribution is -0.0120. The standard InChI is InChI=1S/C23H36N4O/c1-12(2)14(5)24-20-11-19(13(3)4)22(27-26-20)23(28)25-21-17-7-15-6-16(9-17)10-18(21)8-15/h11-18,21H,6-10H2,1-5H3,(H,24,26)(H,25,28). The largest absolute Gasteiger partial charge is 0.366 e. The normalized spacial score (nSPS) is 32.0. The zero-order valence-corrected chi connectivity index (χ0v) is 18.0. The Morgan fingerprint density at radius 1 is 0.964 bits per heavy atom. The maximum Gasteiger partial charge on any atom is 0.272 e. The van der Waals surface area contributed by atoms with E-state index in [1.165, 1.54) is 32.1 Å². The van der Waals surface area contributed by atoms with Gasteiger partial charge in [0.2, 0.25) is 0 Å². The molecule has 1 atom stereocenters. The Labute approximate surface area is 169 Å². The highest BCUT2D eigenvalue weighted by Gasteiger charge is 2.48. The van der Waals surface area contributed by atoms with Crippen molar-refractivity contribution in [3.63, 3.8) is 0 Å². The van der Waals surface area contributed by atoms with Crippen molar-refractivity contribution in [3.8, 4) is 0 Å². The third-order valence-electron chi connectivity index (χ3n) is 7.56. The molecule has 5 nitrogen and oxygen atoms in total. The van der Waals surface area contributed by atoms with Gasteiger partial charge in [-0.15, -0.1) is 10.2 Å². The van der Waals surface area contributed by atoms with E-state index in [-0.39, 0.29) is 11.8 Å². The lowest BCUT2D eigenvalue weighted by Crippen LogP contribution is -2.56. The van der Waals surface area contributed by atoms with Crippen LogP contribution in [0.2, 0.25) is 0 Å². The summed E-state index contributed by atoms with van der Waals surface area (Å²) in [7, 11) is 0. The lowest BCUT2D eigenvalue weighted by atomic mass is 9.54. The number of hydrogen-bond acceptors (Lipinski definition) is 4. The minimum atomic E-state index is -0.0304. The number of carbonyl (C=O) groups excluding carboxylic acids is 1. The number of anilines is 1. The second-order valence-corrected chi connectivity index (χ2v) is 10.3. The molecule has 154 valence electrons. The van der Waals surface area contributed by atoms with Crippen LogP contribution in [0.15, 0.2) is 6.07 Å². The molecule has 4 aliphatic rings. The minimum absolute atomic E-state index is 0.0304. The molecule has 5 rings (SSSR count). The van der Waals surface area contributed by atoms with Gasteiger partial charge in [0.25, 0.3) is 5.91 Å². The molecule has 1 amide bonds. The molecule has 4 saturated carbocycles. The summed E-state index contributed by atoms with van der Waals surface area (Å²) < 4.78 is 0. The summed E-state index contributed by atoms with van der Waals surface area (Å²) in [6.45, 7) is 10.7. The van der Waals surface area contributed by atoms with Gasteiger partial charge in [-0.05, 0) is 86.2 Å². The molecule has 1 heterocycles. The van der Waals surface area contributed by atoms with E-state index in [1.54, 1.807) is 0 Å². The smallest absolute Gasteiger partial charge is 0.272 e. The molecule has 28 heavy (non-hydrogen) atoms. The summed E-state index contributed by atoms with van der Waals surface area (Å²) in [4.78, 5) is 13.2. The van der Waals surface area contributed by atoms with Crippen molar-refractivity contribution in [1.82, 2.24) is 15.5 Å². The molecule has 0 saturated heterocycles. The van der Waals surface area contributed by atoms with Gasteiger partial charge in [-0.1, -0.05) is 27.7 Å². The third kappa shape index (κ3) is 3.77. The van der Waals surface area contributed by atoms with Crippen molar-refractivity contribution in [2.75, 3.05) is 5.32 Å². The fraction of sp³-hybridized carbons (Fsp3) is 0.783. The number of rotatable bonds is 6. The van der Waals surface area contributed by atoms with Crippen molar-refractivity contribution in [1.29, 1.82) is 0 Å². The van der Waals surface area contributed by atoms with Crippen LogP contribution in [0.5, 0.6) is 0 Å². The van der Waals surface area contributed by atoms with Crippen LogP contribution in [0.3, 0.4) is 0 Å². The average molecular weight is 385 g/mol. The molecular weight excluding hydrogens is 348 g/mol. The third-order valence-corrected chi connectivity index (χ3v) is 7.56. The van der Waals surface area contributed by atoms with E-state index < -0.39 is 0 Å². The molecule has 4 aliphatic carbocycles. The number of carbonyl (C=O) groups is 1. The van der Waals surface area contributed by atoms with Gasteiger partial charge in [-0.2, -0.15) is 0 Å². The minimum Gasteiger partial charge on any atom is -0.366 e. The van der Waals surface area contributed by atoms with Crippen molar-refractivity contribution < 1.29 is 4.79 Å². The van der Waals surface area contributed by atoms with E-state index in [9.17, 15) is 4.79 Å². The predicted molar refractivity (Wildman–Crippen MR) is 112 cm³/mol. The highest BCUT2D eigenvalue weighted by atomic mass is 16.2. The molecule has 4 bridgehead atoms. The summed E-state index contributed by atoms with van der Waals surface area (Å²) >= 11 is 0. The maximum atomic E-state index is 13.2. The summed E-state index contributed by atoms with van der Waals surface area (Å²) in [5.74, 6) is 4.62. The van der Waals surface area contributed by atoms with E-state index in [1.807, 2.05) is 6.07 Å². The number of amides is 1. The zero-order chi connectivity index (χ0) is 20.0. The quantitative estimate of drug-likeness (QED) is 0.751. The molecular formula is C23H36N4O. The monoisotopic (exact) mass is 384 g/mol. The van der Waals surface area contributed by atoms with Crippen molar-refractivity contribution >= 4 is 11.7 Å². The number of nitrogens with zero attached hydrogens (tertiary/aromatic N) is 2. The SMILES string of the molecule is CC(C)c1cc(NC(C)C(C)C)nnc1C(=O)NC1C2CC3CC(C2)CC1C3. The zero-order valence-electron chi connectivity index (χ0n) is 18.0. The fourth-order valence-corrected chi connectivity index (χ4v) is 5.87. The number of nitrogens with one attached hydrogen (secondary N) is 2. The van der Waals surface area contributed by atoms with Crippen LogP contribution < -0.4 is 10.6 Å². The first kappa shape index (κ1) is 19.7. The maximum absolute atomic E-state index is 13.2.